The molecule has 0 bridgehead atoms. The van der Waals surface area contributed by atoms with Gasteiger partial charge in [0.2, 0.25) is 0 Å². The largest absolute Gasteiger partial charge is 0.461 e. The predicted molar refractivity (Wildman–Crippen MR) is 107 cm³/mol. The first kappa shape index (κ1) is 27.2. The molecule has 2 aliphatic rings. The molecule has 2 aliphatic heterocycles. The molecular weight excluding hydrogens is 446 g/mol. The summed E-state index contributed by atoms with van der Waals surface area (Å²) in [5.74, 6) is -3.91. The van der Waals surface area contributed by atoms with Gasteiger partial charge >= 0.3 is 17.7 Å². The minimum atomic E-state index is -2.18. The van der Waals surface area contributed by atoms with Crippen molar-refractivity contribution in [2.45, 2.75) is 69.7 Å². The van der Waals surface area contributed by atoms with E-state index >= 15 is 0 Å². The molecule has 0 spiro atoms. The number of carbonyl (C=O) groups is 2. The number of methoxy groups -OCH3 is 2. The van der Waals surface area contributed by atoms with Crippen LogP contribution in [0.5, 0.6) is 0 Å². The molecule has 0 aromatic rings. The molecule has 2 saturated heterocycles. The van der Waals surface area contributed by atoms with Crippen LogP contribution in [0.1, 0.15) is 27.2 Å². The van der Waals surface area contributed by atoms with Crippen LogP contribution in [-0.4, -0.2) is 95.5 Å². The fourth-order valence-corrected chi connectivity index (χ4v) is 3.68. The fourth-order valence-electron chi connectivity index (χ4n) is 3.68. The van der Waals surface area contributed by atoms with Crippen LogP contribution in [0.4, 0.5) is 0 Å². The molecule has 2 rings (SSSR count). The molecule has 33 heavy (non-hydrogen) atoms. The number of azide groups is 1. The Morgan fingerprint density at radius 2 is 1.82 bits per heavy atom. The molecule has 0 unspecified atom stereocenters. The summed E-state index contributed by atoms with van der Waals surface area (Å²) in [6.45, 7) is 4.21. The number of hydrogen-bond acceptors (Lipinski definition) is 12. The Hall–Kier alpha value is -2.03. The lowest BCUT2D eigenvalue weighted by Gasteiger charge is -2.49. The van der Waals surface area contributed by atoms with E-state index in [4.69, 9.17) is 42.6 Å². The van der Waals surface area contributed by atoms with E-state index in [0.717, 1.165) is 6.92 Å². The van der Waals surface area contributed by atoms with Crippen molar-refractivity contribution in [1.82, 2.24) is 0 Å². The smallest absolute Gasteiger partial charge is 0.379 e. The van der Waals surface area contributed by atoms with E-state index in [-0.39, 0.29) is 33.2 Å². The topological polar surface area (TPSA) is 166 Å². The van der Waals surface area contributed by atoms with Crippen LogP contribution in [0.3, 0.4) is 0 Å². The zero-order valence-electron chi connectivity index (χ0n) is 19.3. The summed E-state index contributed by atoms with van der Waals surface area (Å²) in [5.41, 5.74) is 9.23. The summed E-state index contributed by atoms with van der Waals surface area (Å²) in [7, 11) is 2.85. The van der Waals surface area contributed by atoms with Crippen LogP contribution in [0.2, 0.25) is 0 Å². The molecule has 0 aliphatic carbocycles. The lowest BCUT2D eigenvalue weighted by atomic mass is 9.88. The van der Waals surface area contributed by atoms with E-state index in [1.807, 2.05) is 0 Å². The second-order valence-electron chi connectivity index (χ2n) is 7.27. The van der Waals surface area contributed by atoms with Crippen molar-refractivity contribution in [3.63, 3.8) is 0 Å². The van der Waals surface area contributed by atoms with Crippen molar-refractivity contribution in [3.8, 4) is 0 Å². The van der Waals surface area contributed by atoms with Crippen molar-refractivity contribution < 1.29 is 52.2 Å². The summed E-state index contributed by atoms with van der Waals surface area (Å²) in [4.78, 5) is 27.8. The Labute approximate surface area is 191 Å². The van der Waals surface area contributed by atoms with Gasteiger partial charge in [-0.15, -0.1) is 0 Å². The molecule has 0 aromatic heterocycles. The van der Waals surface area contributed by atoms with Gasteiger partial charge in [-0.3, -0.25) is 4.79 Å². The summed E-state index contributed by atoms with van der Waals surface area (Å²) < 4.78 is 49.3. The minimum absolute atomic E-state index is 0.00360. The maximum Gasteiger partial charge on any atom is 0.379 e. The number of carbonyl (C=O) groups excluding carboxylic acids is 2. The van der Waals surface area contributed by atoms with Crippen molar-refractivity contribution in [2.75, 3.05) is 41.0 Å². The van der Waals surface area contributed by atoms with E-state index in [1.165, 1.54) is 14.2 Å². The first-order valence-corrected chi connectivity index (χ1v) is 10.4. The Kier molecular flexibility index (Phi) is 10.7. The van der Waals surface area contributed by atoms with Crippen molar-refractivity contribution in [3.05, 3.63) is 10.4 Å². The summed E-state index contributed by atoms with van der Waals surface area (Å²) >= 11 is 0. The van der Waals surface area contributed by atoms with E-state index in [1.54, 1.807) is 13.8 Å². The molecule has 0 aromatic carbocycles. The molecule has 14 heteroatoms. The zero-order chi connectivity index (χ0) is 24.4. The van der Waals surface area contributed by atoms with E-state index in [0.29, 0.717) is 0 Å². The van der Waals surface area contributed by atoms with Crippen molar-refractivity contribution in [2.24, 2.45) is 5.11 Å². The van der Waals surface area contributed by atoms with Crippen LogP contribution in [-0.2, 0) is 52.2 Å². The number of esters is 2. The fraction of sp³-hybridized carbons (Fsp3) is 0.895. The third kappa shape index (κ3) is 6.98. The third-order valence-corrected chi connectivity index (χ3v) is 4.93. The van der Waals surface area contributed by atoms with Gasteiger partial charge < -0.3 is 42.6 Å². The van der Waals surface area contributed by atoms with Gasteiger partial charge in [0.15, 0.2) is 6.29 Å². The maximum absolute atomic E-state index is 13.0. The van der Waals surface area contributed by atoms with Crippen LogP contribution >= 0.6 is 0 Å². The van der Waals surface area contributed by atoms with Gasteiger partial charge in [0.1, 0.15) is 31.9 Å². The highest BCUT2D eigenvalue weighted by molar-refractivity contribution is 5.81. The highest BCUT2D eigenvalue weighted by Crippen LogP contribution is 2.39. The lowest BCUT2D eigenvalue weighted by molar-refractivity contribution is -0.339. The number of nitrogens with zero attached hydrogens (tertiary/aromatic N) is 3. The van der Waals surface area contributed by atoms with Gasteiger partial charge in [-0.1, -0.05) is 5.11 Å². The average molecular weight is 477 g/mol. The highest BCUT2D eigenvalue weighted by atomic mass is 16.8. The molecule has 2 fully saturated rings. The Balaban J connectivity index is 2.53. The van der Waals surface area contributed by atoms with Gasteiger partial charge in [0.25, 0.3) is 0 Å². The van der Waals surface area contributed by atoms with Crippen LogP contribution in [0.25, 0.3) is 10.4 Å². The Morgan fingerprint density at radius 3 is 2.39 bits per heavy atom. The highest BCUT2D eigenvalue weighted by Gasteiger charge is 2.59. The van der Waals surface area contributed by atoms with Crippen molar-refractivity contribution in [1.29, 1.82) is 0 Å². The first-order valence-electron chi connectivity index (χ1n) is 10.4. The van der Waals surface area contributed by atoms with Crippen LogP contribution in [0, 0.1) is 0 Å². The van der Waals surface area contributed by atoms with Gasteiger partial charge in [-0.05, 0) is 19.4 Å². The minimum Gasteiger partial charge on any atom is -0.461 e. The molecular formula is C19H31N3O11. The number of hydrogen-bond donors (Lipinski definition) is 0. The molecule has 14 nitrogen and oxygen atoms in total. The van der Waals surface area contributed by atoms with Crippen molar-refractivity contribution >= 4 is 11.9 Å². The average Bonchev–Trinajstić information content (AvgIpc) is 2.77. The van der Waals surface area contributed by atoms with Gasteiger partial charge in [-0.2, -0.15) is 0 Å². The molecule has 0 saturated carbocycles. The van der Waals surface area contributed by atoms with E-state index in [2.05, 4.69) is 10.0 Å². The number of ether oxygens (including phenoxy) is 9. The molecule has 0 N–H and O–H groups in total. The molecule has 2 heterocycles. The second-order valence-corrected chi connectivity index (χ2v) is 7.27. The van der Waals surface area contributed by atoms with Crippen LogP contribution < -0.4 is 0 Å². The van der Waals surface area contributed by atoms with Crippen LogP contribution in [0.15, 0.2) is 5.11 Å². The van der Waals surface area contributed by atoms with E-state index in [9.17, 15) is 15.1 Å². The quantitative estimate of drug-likeness (QED) is 0.137. The third-order valence-electron chi connectivity index (χ3n) is 4.93. The first-order chi connectivity index (χ1) is 15.8. The lowest BCUT2D eigenvalue weighted by Crippen LogP contribution is -2.66. The van der Waals surface area contributed by atoms with Gasteiger partial charge in [0.05, 0.1) is 31.8 Å². The maximum atomic E-state index is 13.0. The summed E-state index contributed by atoms with van der Waals surface area (Å²) in [6, 6.07) is -1.01. The molecule has 188 valence electrons. The van der Waals surface area contributed by atoms with Gasteiger partial charge in [0, 0.05) is 26.1 Å². The van der Waals surface area contributed by atoms with E-state index < -0.39 is 54.5 Å². The standard InChI is InChI=1S/C19H31N3O11/c1-6-27-18(24)19(32-11(2)23)7-13(29-9-25-4)15(21-22-20)17(33-19)16-14(30-10-26-5)8-28-12(3)31-16/h12-17H,6-10H2,1-5H3/t12-,13+,14-,15-,16-,17-,19+/m1/s1. The normalized spacial score (nSPS) is 34.2. The summed E-state index contributed by atoms with van der Waals surface area (Å²) in [5, 5.41) is 3.84. The molecule has 0 amide bonds. The molecule has 0 radical (unpaired) electrons. The Bertz CT molecular complexity index is 702. The Morgan fingerprint density at radius 1 is 1.15 bits per heavy atom. The zero-order valence-corrected chi connectivity index (χ0v) is 19.3. The predicted octanol–water partition coefficient (Wildman–Crippen LogP) is 1.02. The second kappa shape index (κ2) is 13.0. The number of rotatable bonds is 11. The molecule has 7 atom stereocenters. The summed E-state index contributed by atoms with van der Waals surface area (Å²) in [6.07, 6.45) is -4.75. The SMILES string of the molecule is CCOC(=O)[C@]1(OC(C)=O)C[C@H](OCOC)[C@@H](N=[N+]=[N-])[C@H]([C@@H]2O[C@H](C)OC[C@H]2OCOC)O1. The monoisotopic (exact) mass is 477 g/mol. The van der Waals surface area contributed by atoms with Gasteiger partial charge in [-0.25, -0.2) is 4.79 Å².